The molecule has 3 N–H and O–H groups in total. The molecule has 3 nitrogen and oxygen atoms in total. The molecule has 0 aliphatic heterocycles. The lowest BCUT2D eigenvalue weighted by atomic mass is 9.98. The summed E-state index contributed by atoms with van der Waals surface area (Å²) in [4.78, 5) is 11.8. The van der Waals surface area contributed by atoms with Crippen molar-refractivity contribution in [2.75, 3.05) is 6.54 Å². The number of hydrogen-bond donors (Lipinski definition) is 2. The molecule has 1 amide bonds. The van der Waals surface area contributed by atoms with Crippen LogP contribution in [0.3, 0.4) is 0 Å². The molecule has 1 aromatic carbocycles. The SMILES string of the molecule is Cl.NCC(C(=O)NC1CC1)c1ccccc1. The highest BCUT2D eigenvalue weighted by Gasteiger charge is 2.27. The Balaban J connectivity index is 0.00000128. The fourth-order valence-electron chi connectivity index (χ4n) is 1.61. The molecule has 0 bridgehead atoms. The van der Waals surface area contributed by atoms with Gasteiger partial charge in [-0.3, -0.25) is 4.79 Å². The average Bonchev–Trinajstić information content (AvgIpc) is 3.04. The van der Waals surface area contributed by atoms with Crippen molar-refractivity contribution in [3.05, 3.63) is 35.9 Å². The summed E-state index contributed by atoms with van der Waals surface area (Å²) in [7, 11) is 0. The van der Waals surface area contributed by atoms with E-state index in [0.29, 0.717) is 12.6 Å². The predicted octanol–water partition coefficient (Wildman–Crippen LogP) is 1.43. The van der Waals surface area contributed by atoms with Crippen LogP contribution in [0.25, 0.3) is 0 Å². The zero-order valence-electron chi connectivity index (χ0n) is 9.06. The van der Waals surface area contributed by atoms with Crippen LogP contribution in [0, 0.1) is 0 Å². The summed E-state index contributed by atoms with van der Waals surface area (Å²) in [6.07, 6.45) is 2.22. The lowest BCUT2D eigenvalue weighted by Gasteiger charge is -2.14. The van der Waals surface area contributed by atoms with Crippen molar-refractivity contribution in [1.82, 2.24) is 5.32 Å². The number of nitrogens with one attached hydrogen (secondary N) is 1. The molecule has 1 atom stereocenters. The minimum absolute atomic E-state index is 0. The zero-order chi connectivity index (χ0) is 10.7. The van der Waals surface area contributed by atoms with Gasteiger partial charge in [-0.15, -0.1) is 12.4 Å². The van der Waals surface area contributed by atoms with Gasteiger partial charge in [-0.1, -0.05) is 30.3 Å². The second kappa shape index (κ2) is 5.87. The van der Waals surface area contributed by atoms with Gasteiger partial charge in [-0.25, -0.2) is 0 Å². The van der Waals surface area contributed by atoms with E-state index in [1.54, 1.807) is 0 Å². The Hall–Kier alpha value is -1.06. The molecule has 0 saturated heterocycles. The number of amides is 1. The van der Waals surface area contributed by atoms with Gasteiger partial charge in [0, 0.05) is 12.6 Å². The normalized spacial score (nSPS) is 16.1. The highest BCUT2D eigenvalue weighted by Crippen LogP contribution is 2.21. The van der Waals surface area contributed by atoms with E-state index in [-0.39, 0.29) is 24.2 Å². The summed E-state index contributed by atoms with van der Waals surface area (Å²) >= 11 is 0. The first-order valence-corrected chi connectivity index (χ1v) is 5.36. The second-order valence-electron chi connectivity index (χ2n) is 3.98. The van der Waals surface area contributed by atoms with Crippen molar-refractivity contribution in [3.63, 3.8) is 0 Å². The Morgan fingerprint density at radius 3 is 2.50 bits per heavy atom. The molecule has 1 saturated carbocycles. The summed E-state index contributed by atoms with van der Waals surface area (Å²) < 4.78 is 0. The van der Waals surface area contributed by atoms with Gasteiger partial charge in [0.05, 0.1) is 5.92 Å². The van der Waals surface area contributed by atoms with E-state index in [1.807, 2.05) is 30.3 Å². The number of benzene rings is 1. The third-order valence-electron chi connectivity index (χ3n) is 2.68. The van der Waals surface area contributed by atoms with E-state index < -0.39 is 0 Å². The molecule has 1 unspecified atom stereocenters. The third kappa shape index (κ3) is 3.22. The van der Waals surface area contributed by atoms with Crippen molar-refractivity contribution in [3.8, 4) is 0 Å². The van der Waals surface area contributed by atoms with Crippen LogP contribution < -0.4 is 11.1 Å². The van der Waals surface area contributed by atoms with Gasteiger partial charge in [0.15, 0.2) is 0 Å². The van der Waals surface area contributed by atoms with Gasteiger partial charge < -0.3 is 11.1 Å². The van der Waals surface area contributed by atoms with Gasteiger partial charge >= 0.3 is 0 Å². The first-order valence-electron chi connectivity index (χ1n) is 5.36. The standard InChI is InChI=1S/C12H16N2O.ClH/c13-8-11(9-4-2-1-3-5-9)12(15)14-10-6-7-10;/h1-5,10-11H,6-8,13H2,(H,14,15);1H. The van der Waals surface area contributed by atoms with E-state index >= 15 is 0 Å². The molecule has 1 aliphatic rings. The van der Waals surface area contributed by atoms with Crippen LogP contribution >= 0.6 is 12.4 Å². The Morgan fingerprint density at radius 2 is 2.00 bits per heavy atom. The summed E-state index contributed by atoms with van der Waals surface area (Å²) in [6, 6.07) is 10.1. The lowest BCUT2D eigenvalue weighted by Crippen LogP contribution is -2.34. The molecule has 1 aromatic rings. The molecule has 0 heterocycles. The van der Waals surface area contributed by atoms with Crippen molar-refractivity contribution in [2.24, 2.45) is 5.73 Å². The van der Waals surface area contributed by atoms with Crippen LogP contribution in [0.2, 0.25) is 0 Å². The minimum atomic E-state index is -0.202. The maximum Gasteiger partial charge on any atom is 0.229 e. The van der Waals surface area contributed by atoms with Crippen LogP contribution in [-0.2, 0) is 4.79 Å². The maximum absolute atomic E-state index is 11.8. The van der Waals surface area contributed by atoms with E-state index in [9.17, 15) is 4.79 Å². The lowest BCUT2D eigenvalue weighted by molar-refractivity contribution is -0.122. The smallest absolute Gasteiger partial charge is 0.229 e. The van der Waals surface area contributed by atoms with Gasteiger partial charge in [0.25, 0.3) is 0 Å². The number of nitrogens with two attached hydrogens (primary N) is 1. The van der Waals surface area contributed by atoms with Crippen LogP contribution in [-0.4, -0.2) is 18.5 Å². The number of hydrogen-bond acceptors (Lipinski definition) is 2. The number of halogens is 1. The second-order valence-corrected chi connectivity index (χ2v) is 3.98. The molecule has 0 radical (unpaired) electrons. The van der Waals surface area contributed by atoms with Crippen LogP contribution in [0.5, 0.6) is 0 Å². The summed E-state index contributed by atoms with van der Waals surface area (Å²) in [5.74, 6) is -0.141. The maximum atomic E-state index is 11.8. The van der Waals surface area contributed by atoms with Crippen molar-refractivity contribution in [2.45, 2.75) is 24.8 Å². The minimum Gasteiger partial charge on any atom is -0.353 e. The van der Waals surface area contributed by atoms with Crippen molar-refractivity contribution < 1.29 is 4.79 Å². The topological polar surface area (TPSA) is 55.1 Å². The third-order valence-corrected chi connectivity index (χ3v) is 2.68. The zero-order valence-corrected chi connectivity index (χ0v) is 9.87. The Kier molecular flexibility index (Phi) is 4.77. The molecular weight excluding hydrogens is 224 g/mol. The first-order chi connectivity index (χ1) is 7.31. The molecule has 2 rings (SSSR count). The molecule has 88 valence electrons. The fraction of sp³-hybridized carbons (Fsp3) is 0.417. The highest BCUT2D eigenvalue weighted by atomic mass is 35.5. The number of carbonyl (C=O) groups is 1. The number of rotatable bonds is 4. The van der Waals surface area contributed by atoms with Gasteiger partial charge in [0.2, 0.25) is 5.91 Å². The van der Waals surface area contributed by atoms with E-state index in [2.05, 4.69) is 5.32 Å². The van der Waals surface area contributed by atoms with Gasteiger partial charge in [0.1, 0.15) is 0 Å². The van der Waals surface area contributed by atoms with Gasteiger partial charge in [-0.2, -0.15) is 0 Å². The first kappa shape index (κ1) is 13.0. The fourth-order valence-corrected chi connectivity index (χ4v) is 1.61. The van der Waals surface area contributed by atoms with Crippen LogP contribution in [0.15, 0.2) is 30.3 Å². The number of carbonyl (C=O) groups excluding carboxylic acids is 1. The molecule has 16 heavy (non-hydrogen) atoms. The van der Waals surface area contributed by atoms with Crippen LogP contribution in [0.4, 0.5) is 0 Å². The highest BCUT2D eigenvalue weighted by molar-refractivity contribution is 5.85. The predicted molar refractivity (Wildman–Crippen MR) is 66.7 cm³/mol. The van der Waals surface area contributed by atoms with Crippen molar-refractivity contribution >= 4 is 18.3 Å². The quantitative estimate of drug-likeness (QED) is 0.837. The van der Waals surface area contributed by atoms with Crippen LogP contribution in [0.1, 0.15) is 24.3 Å². The van der Waals surface area contributed by atoms with Gasteiger partial charge in [-0.05, 0) is 18.4 Å². The van der Waals surface area contributed by atoms with E-state index in [4.69, 9.17) is 5.73 Å². The summed E-state index contributed by atoms with van der Waals surface area (Å²) in [6.45, 7) is 0.364. The molecule has 0 spiro atoms. The monoisotopic (exact) mass is 240 g/mol. The molecule has 0 aromatic heterocycles. The summed E-state index contributed by atoms with van der Waals surface area (Å²) in [5, 5.41) is 2.98. The average molecular weight is 241 g/mol. The Morgan fingerprint density at radius 1 is 1.38 bits per heavy atom. The van der Waals surface area contributed by atoms with Crippen molar-refractivity contribution in [1.29, 1.82) is 0 Å². The molecule has 4 heteroatoms. The molecule has 1 aliphatic carbocycles. The van der Waals surface area contributed by atoms with E-state index in [0.717, 1.165) is 18.4 Å². The molecule has 1 fully saturated rings. The Labute approximate surface area is 102 Å². The van der Waals surface area contributed by atoms with E-state index in [1.165, 1.54) is 0 Å². The Bertz CT molecular complexity index is 338. The molecular formula is C12H17ClN2O. The summed E-state index contributed by atoms with van der Waals surface area (Å²) in [5.41, 5.74) is 6.64. The largest absolute Gasteiger partial charge is 0.353 e.